The Bertz CT molecular complexity index is 1090. The molecule has 1 fully saturated rings. The molecule has 4 rings (SSSR count). The Kier molecular flexibility index (Phi) is 5.38. The zero-order valence-electron chi connectivity index (χ0n) is 16.4. The first-order chi connectivity index (χ1) is 14.5. The fourth-order valence-electron chi connectivity index (χ4n) is 3.37. The van der Waals surface area contributed by atoms with Crippen molar-refractivity contribution in [1.82, 2.24) is 14.9 Å². The van der Waals surface area contributed by atoms with Gasteiger partial charge in [0.05, 0.1) is 4.92 Å². The lowest BCUT2D eigenvalue weighted by Gasteiger charge is -2.15. The lowest BCUT2D eigenvalue weighted by atomic mass is 10.2. The van der Waals surface area contributed by atoms with E-state index in [2.05, 4.69) is 9.97 Å². The number of amides is 1. The second-order valence-electron chi connectivity index (χ2n) is 7.10. The van der Waals surface area contributed by atoms with Gasteiger partial charge in [-0.25, -0.2) is 4.98 Å². The van der Waals surface area contributed by atoms with Gasteiger partial charge >= 0.3 is 0 Å². The third-order valence-electron chi connectivity index (χ3n) is 4.86. The van der Waals surface area contributed by atoms with Crippen molar-refractivity contribution in [2.24, 2.45) is 0 Å². The Labute approximate surface area is 173 Å². The topological polar surface area (TPSA) is 98.5 Å². The van der Waals surface area contributed by atoms with E-state index < -0.39 is 4.92 Å². The Hall–Kier alpha value is -3.81. The Balaban J connectivity index is 1.54. The van der Waals surface area contributed by atoms with Crippen molar-refractivity contribution in [2.75, 3.05) is 13.1 Å². The highest BCUT2D eigenvalue weighted by Crippen LogP contribution is 2.26. The molecule has 0 spiro atoms. The van der Waals surface area contributed by atoms with E-state index in [0.29, 0.717) is 34.3 Å². The fraction of sp³-hybridized carbons (Fsp3) is 0.227. The summed E-state index contributed by atoms with van der Waals surface area (Å²) in [6.07, 6.45) is 2.10. The molecule has 0 N–H and O–H groups in total. The van der Waals surface area contributed by atoms with Crippen LogP contribution < -0.4 is 4.74 Å². The van der Waals surface area contributed by atoms with Crippen LogP contribution in [0, 0.1) is 17.0 Å². The van der Waals surface area contributed by atoms with Crippen LogP contribution in [-0.4, -0.2) is 38.8 Å². The fourth-order valence-corrected chi connectivity index (χ4v) is 3.37. The van der Waals surface area contributed by atoms with E-state index in [9.17, 15) is 14.9 Å². The summed E-state index contributed by atoms with van der Waals surface area (Å²) in [5.74, 6) is 1.23. The maximum absolute atomic E-state index is 12.5. The van der Waals surface area contributed by atoms with E-state index in [1.54, 1.807) is 49.4 Å². The van der Waals surface area contributed by atoms with Gasteiger partial charge in [-0.05, 0) is 44.0 Å². The van der Waals surface area contributed by atoms with Crippen molar-refractivity contribution in [2.45, 2.75) is 19.8 Å². The summed E-state index contributed by atoms with van der Waals surface area (Å²) in [5.41, 5.74) is 1.80. The maximum Gasteiger partial charge on any atom is 0.270 e. The zero-order chi connectivity index (χ0) is 21.1. The third-order valence-corrected chi connectivity index (χ3v) is 4.86. The molecule has 8 nitrogen and oxygen atoms in total. The number of aryl methyl sites for hydroxylation is 1. The summed E-state index contributed by atoms with van der Waals surface area (Å²) in [6, 6.07) is 14.8. The predicted octanol–water partition coefficient (Wildman–Crippen LogP) is 4.39. The van der Waals surface area contributed by atoms with Crippen molar-refractivity contribution in [3.05, 3.63) is 76.0 Å². The molecule has 30 heavy (non-hydrogen) atoms. The zero-order valence-corrected chi connectivity index (χ0v) is 16.4. The summed E-state index contributed by atoms with van der Waals surface area (Å²) in [6.45, 7) is 3.41. The van der Waals surface area contributed by atoms with Gasteiger partial charge in [0.25, 0.3) is 11.6 Å². The summed E-state index contributed by atoms with van der Waals surface area (Å²) >= 11 is 0. The van der Waals surface area contributed by atoms with Crippen LogP contribution in [0.3, 0.4) is 0 Å². The predicted molar refractivity (Wildman–Crippen MR) is 111 cm³/mol. The lowest BCUT2D eigenvalue weighted by Crippen LogP contribution is -2.27. The van der Waals surface area contributed by atoms with Crippen LogP contribution in [0.1, 0.15) is 28.9 Å². The minimum Gasteiger partial charge on any atom is -0.439 e. The van der Waals surface area contributed by atoms with Gasteiger partial charge in [0.15, 0.2) is 5.82 Å². The molecular weight excluding hydrogens is 384 g/mol. The van der Waals surface area contributed by atoms with Gasteiger partial charge in [0, 0.05) is 48.1 Å². The molecule has 0 radical (unpaired) electrons. The van der Waals surface area contributed by atoms with Gasteiger partial charge < -0.3 is 9.64 Å². The summed E-state index contributed by atoms with van der Waals surface area (Å²) < 4.78 is 5.85. The summed E-state index contributed by atoms with van der Waals surface area (Å²) in [5, 5.41) is 11.0. The molecule has 152 valence electrons. The molecular formula is C22H20N4O4. The number of rotatable bonds is 5. The van der Waals surface area contributed by atoms with Crippen LogP contribution in [0.4, 0.5) is 5.69 Å². The molecule has 0 unspecified atom stereocenters. The van der Waals surface area contributed by atoms with E-state index in [4.69, 9.17) is 4.74 Å². The minimum absolute atomic E-state index is 0.0293. The van der Waals surface area contributed by atoms with Gasteiger partial charge in [-0.2, -0.15) is 4.98 Å². The highest BCUT2D eigenvalue weighted by atomic mass is 16.6. The molecule has 2 heterocycles. The first-order valence-corrected chi connectivity index (χ1v) is 9.67. The SMILES string of the molecule is Cc1cc(Oc2ccc(C(=O)N3CCCC3)cc2)nc(-c2cccc([N+](=O)[O-])c2)n1. The number of nitrogens with zero attached hydrogens (tertiary/aromatic N) is 4. The molecule has 0 aliphatic carbocycles. The standard InChI is InChI=1S/C22H20N4O4/c1-15-13-20(24-21(23-15)17-5-4-6-18(14-17)26(28)29)30-19-9-7-16(8-10-19)22(27)25-11-2-3-12-25/h4-10,13-14H,2-3,11-12H2,1H3. The summed E-state index contributed by atoms with van der Waals surface area (Å²) in [4.78, 5) is 33.6. The minimum atomic E-state index is -0.457. The number of likely N-dealkylation sites (tertiary alicyclic amines) is 1. The van der Waals surface area contributed by atoms with E-state index >= 15 is 0 Å². The van der Waals surface area contributed by atoms with Crippen LogP contribution in [0.5, 0.6) is 11.6 Å². The van der Waals surface area contributed by atoms with Gasteiger partial charge in [0.2, 0.25) is 5.88 Å². The number of carbonyl (C=O) groups excluding carboxylic acids is 1. The van der Waals surface area contributed by atoms with E-state index in [0.717, 1.165) is 25.9 Å². The Morgan fingerprint density at radius 1 is 1.07 bits per heavy atom. The number of hydrogen-bond acceptors (Lipinski definition) is 6. The normalized spacial score (nSPS) is 13.3. The monoisotopic (exact) mass is 404 g/mol. The van der Waals surface area contributed by atoms with Crippen LogP contribution in [0.2, 0.25) is 0 Å². The van der Waals surface area contributed by atoms with Crippen LogP contribution in [0.15, 0.2) is 54.6 Å². The average molecular weight is 404 g/mol. The number of ether oxygens (including phenoxy) is 1. The van der Waals surface area contributed by atoms with Crippen molar-refractivity contribution in [3.63, 3.8) is 0 Å². The van der Waals surface area contributed by atoms with E-state index in [1.807, 2.05) is 4.90 Å². The maximum atomic E-state index is 12.5. The second kappa shape index (κ2) is 8.28. The first kappa shape index (κ1) is 19.5. The number of carbonyl (C=O) groups is 1. The van der Waals surface area contributed by atoms with Gasteiger partial charge in [0.1, 0.15) is 5.75 Å². The number of hydrogen-bond donors (Lipinski definition) is 0. The molecule has 0 saturated carbocycles. The molecule has 1 aliphatic heterocycles. The number of non-ortho nitro benzene ring substituents is 1. The first-order valence-electron chi connectivity index (χ1n) is 9.67. The third kappa shape index (κ3) is 4.27. The molecule has 0 atom stereocenters. The second-order valence-corrected chi connectivity index (χ2v) is 7.10. The average Bonchev–Trinajstić information content (AvgIpc) is 3.28. The largest absolute Gasteiger partial charge is 0.439 e. The summed E-state index contributed by atoms with van der Waals surface area (Å²) in [7, 11) is 0. The Morgan fingerprint density at radius 3 is 2.50 bits per heavy atom. The number of nitro benzene ring substituents is 1. The van der Waals surface area contributed by atoms with E-state index in [1.165, 1.54) is 12.1 Å². The molecule has 1 aliphatic rings. The molecule has 1 amide bonds. The number of aromatic nitrogens is 2. The van der Waals surface area contributed by atoms with Crippen molar-refractivity contribution >= 4 is 11.6 Å². The van der Waals surface area contributed by atoms with Gasteiger partial charge in [-0.15, -0.1) is 0 Å². The van der Waals surface area contributed by atoms with Gasteiger partial charge in [-0.3, -0.25) is 14.9 Å². The van der Waals surface area contributed by atoms with E-state index in [-0.39, 0.29) is 11.6 Å². The molecule has 2 aromatic carbocycles. The molecule has 8 heteroatoms. The van der Waals surface area contributed by atoms with Crippen molar-refractivity contribution in [3.8, 4) is 23.0 Å². The van der Waals surface area contributed by atoms with Crippen LogP contribution in [0.25, 0.3) is 11.4 Å². The van der Waals surface area contributed by atoms with Crippen LogP contribution in [-0.2, 0) is 0 Å². The number of nitro groups is 1. The van der Waals surface area contributed by atoms with Crippen LogP contribution >= 0.6 is 0 Å². The number of benzene rings is 2. The molecule has 1 saturated heterocycles. The molecule has 0 bridgehead atoms. The van der Waals surface area contributed by atoms with Gasteiger partial charge in [-0.1, -0.05) is 12.1 Å². The smallest absolute Gasteiger partial charge is 0.270 e. The van der Waals surface area contributed by atoms with Crippen molar-refractivity contribution in [1.29, 1.82) is 0 Å². The molecule has 1 aromatic heterocycles. The highest BCUT2D eigenvalue weighted by Gasteiger charge is 2.19. The quantitative estimate of drug-likeness (QED) is 0.462. The Morgan fingerprint density at radius 2 is 1.80 bits per heavy atom. The molecule has 3 aromatic rings. The lowest BCUT2D eigenvalue weighted by molar-refractivity contribution is -0.384. The highest BCUT2D eigenvalue weighted by molar-refractivity contribution is 5.94. The van der Waals surface area contributed by atoms with Crippen molar-refractivity contribution < 1.29 is 14.5 Å².